The monoisotopic (exact) mass is 444 g/mol. The van der Waals surface area contributed by atoms with E-state index >= 15 is 0 Å². The molecule has 6 nitrogen and oxygen atoms in total. The van der Waals surface area contributed by atoms with Crippen LogP contribution in [0.4, 0.5) is 0 Å². The molecule has 1 aliphatic rings. The molecule has 1 atom stereocenters. The van der Waals surface area contributed by atoms with E-state index in [4.69, 9.17) is 4.74 Å². The predicted molar refractivity (Wildman–Crippen MR) is 122 cm³/mol. The maximum atomic E-state index is 12.8. The van der Waals surface area contributed by atoms with Crippen molar-refractivity contribution >= 4 is 15.9 Å². The van der Waals surface area contributed by atoms with Crippen molar-refractivity contribution in [3.63, 3.8) is 0 Å². The van der Waals surface area contributed by atoms with Crippen LogP contribution in [0.15, 0.2) is 48.5 Å². The van der Waals surface area contributed by atoms with Crippen molar-refractivity contribution in [2.45, 2.75) is 45.4 Å². The van der Waals surface area contributed by atoms with E-state index in [-0.39, 0.29) is 23.6 Å². The van der Waals surface area contributed by atoms with Gasteiger partial charge in [0.05, 0.1) is 11.8 Å². The van der Waals surface area contributed by atoms with Gasteiger partial charge < -0.3 is 10.1 Å². The lowest BCUT2D eigenvalue weighted by atomic mass is 9.97. The molecule has 0 radical (unpaired) electrons. The normalized spacial score (nSPS) is 16.6. The zero-order valence-corrected chi connectivity index (χ0v) is 19.3. The number of para-hydroxylation sites is 1. The van der Waals surface area contributed by atoms with Crippen molar-refractivity contribution in [3.05, 3.63) is 65.2 Å². The van der Waals surface area contributed by atoms with Crippen molar-refractivity contribution in [1.82, 2.24) is 9.62 Å². The molecule has 1 amide bonds. The lowest BCUT2D eigenvalue weighted by Gasteiger charge is -2.31. The third-order valence-corrected chi connectivity index (χ3v) is 7.51. The van der Waals surface area contributed by atoms with Gasteiger partial charge in [-0.15, -0.1) is 0 Å². The molecule has 1 N–H and O–H groups in total. The van der Waals surface area contributed by atoms with Crippen LogP contribution in [0.1, 0.15) is 36.5 Å². The largest absolute Gasteiger partial charge is 0.491 e. The first-order chi connectivity index (χ1) is 14.7. The van der Waals surface area contributed by atoms with Gasteiger partial charge in [0.15, 0.2) is 0 Å². The number of carbonyl (C=O) groups excluding carboxylic acids is 1. The van der Waals surface area contributed by atoms with E-state index in [0.29, 0.717) is 32.5 Å². The van der Waals surface area contributed by atoms with Crippen molar-refractivity contribution in [2.75, 3.05) is 19.7 Å². The zero-order chi connectivity index (χ0) is 22.4. The van der Waals surface area contributed by atoms with Gasteiger partial charge in [-0.1, -0.05) is 48.0 Å². The van der Waals surface area contributed by atoms with E-state index in [1.807, 2.05) is 69.3 Å². The molecular formula is C24H32N2O4S. The number of hydrogen-bond donors (Lipinski definition) is 1. The molecule has 168 valence electrons. The number of benzene rings is 2. The van der Waals surface area contributed by atoms with Gasteiger partial charge >= 0.3 is 0 Å². The molecule has 0 aliphatic carbocycles. The molecule has 2 aromatic carbocycles. The van der Waals surface area contributed by atoms with Gasteiger partial charge in [0.1, 0.15) is 12.4 Å². The Morgan fingerprint density at radius 3 is 2.39 bits per heavy atom. The van der Waals surface area contributed by atoms with Crippen molar-refractivity contribution in [3.8, 4) is 5.75 Å². The number of sulfonamides is 1. The number of nitrogens with one attached hydrogen (secondary N) is 1. The van der Waals surface area contributed by atoms with Crippen LogP contribution in [0.2, 0.25) is 0 Å². The molecule has 0 bridgehead atoms. The van der Waals surface area contributed by atoms with E-state index < -0.39 is 10.0 Å². The summed E-state index contributed by atoms with van der Waals surface area (Å²) in [4.78, 5) is 12.6. The molecule has 1 fully saturated rings. The summed E-state index contributed by atoms with van der Waals surface area (Å²) in [7, 11) is -3.38. The quantitative estimate of drug-likeness (QED) is 0.677. The maximum Gasteiger partial charge on any atom is 0.223 e. The fourth-order valence-corrected chi connectivity index (χ4v) is 5.28. The molecule has 0 saturated carbocycles. The summed E-state index contributed by atoms with van der Waals surface area (Å²) >= 11 is 0. The Hall–Kier alpha value is -2.38. The zero-order valence-electron chi connectivity index (χ0n) is 18.5. The summed E-state index contributed by atoms with van der Waals surface area (Å²) in [6.45, 7) is 7.02. The van der Waals surface area contributed by atoms with Crippen molar-refractivity contribution < 1.29 is 17.9 Å². The number of carbonyl (C=O) groups is 1. The number of hydrogen-bond acceptors (Lipinski definition) is 4. The molecule has 0 spiro atoms. The number of amides is 1. The maximum absolute atomic E-state index is 12.8. The number of nitrogens with zero attached hydrogens (tertiary/aromatic N) is 1. The summed E-state index contributed by atoms with van der Waals surface area (Å²) in [5, 5.41) is 3.01. The number of ether oxygens (including phenoxy) is 1. The first-order valence-electron chi connectivity index (χ1n) is 10.8. The molecular weight excluding hydrogens is 412 g/mol. The van der Waals surface area contributed by atoms with E-state index in [1.165, 1.54) is 4.31 Å². The minimum absolute atomic E-state index is 0.00256. The number of aryl methyl sites for hydroxylation is 2. The standard InChI is InChI=1S/C24H32N2O4S/c1-18-8-10-21(11-9-18)17-31(28,29)26-14-12-22(13-15-26)24(27)25-20(3)16-30-23-7-5-4-6-19(23)2/h4-11,20,22H,12-17H2,1-3H3,(H,25,27)/t20-/m1/s1. The predicted octanol–water partition coefficient (Wildman–Crippen LogP) is 3.43. The Balaban J connectivity index is 1.45. The second-order valence-corrected chi connectivity index (χ2v) is 10.4. The van der Waals surface area contributed by atoms with Crippen LogP contribution in [-0.2, 0) is 20.6 Å². The van der Waals surface area contributed by atoms with Gasteiger partial charge in [-0.2, -0.15) is 0 Å². The summed E-state index contributed by atoms with van der Waals surface area (Å²) in [6.07, 6.45) is 1.06. The summed E-state index contributed by atoms with van der Waals surface area (Å²) in [6, 6.07) is 15.2. The second kappa shape index (κ2) is 10.3. The summed E-state index contributed by atoms with van der Waals surface area (Å²) in [5.41, 5.74) is 2.94. The summed E-state index contributed by atoms with van der Waals surface area (Å²) in [5.74, 6) is 0.608. The van der Waals surface area contributed by atoms with Crippen LogP contribution in [0.3, 0.4) is 0 Å². The smallest absolute Gasteiger partial charge is 0.223 e. The highest BCUT2D eigenvalue weighted by Crippen LogP contribution is 2.22. The molecule has 7 heteroatoms. The molecule has 1 heterocycles. The minimum Gasteiger partial charge on any atom is -0.491 e. The molecule has 1 saturated heterocycles. The van der Waals surface area contributed by atoms with E-state index in [0.717, 1.165) is 22.4 Å². The van der Waals surface area contributed by atoms with Crippen molar-refractivity contribution in [1.29, 1.82) is 0 Å². The Bertz CT molecular complexity index is 981. The summed E-state index contributed by atoms with van der Waals surface area (Å²) < 4.78 is 32.8. The average Bonchev–Trinajstić information content (AvgIpc) is 2.75. The molecule has 2 aromatic rings. The van der Waals surface area contributed by atoms with E-state index in [1.54, 1.807) is 0 Å². The second-order valence-electron chi connectivity index (χ2n) is 8.40. The highest BCUT2D eigenvalue weighted by molar-refractivity contribution is 7.88. The Kier molecular flexibility index (Phi) is 7.73. The van der Waals surface area contributed by atoms with Crippen LogP contribution in [0.25, 0.3) is 0 Å². The Labute approximate surface area is 185 Å². The molecule has 3 rings (SSSR count). The highest BCUT2D eigenvalue weighted by atomic mass is 32.2. The van der Waals surface area contributed by atoms with Gasteiger partial charge in [-0.05, 0) is 50.8 Å². The first kappa shape index (κ1) is 23.3. The fraction of sp³-hybridized carbons (Fsp3) is 0.458. The lowest BCUT2D eigenvalue weighted by Crippen LogP contribution is -2.46. The van der Waals surface area contributed by atoms with Crippen LogP contribution in [0, 0.1) is 19.8 Å². The van der Waals surface area contributed by atoms with Gasteiger partial charge in [0, 0.05) is 19.0 Å². The topological polar surface area (TPSA) is 75.7 Å². The third kappa shape index (κ3) is 6.55. The van der Waals surface area contributed by atoms with Gasteiger partial charge in [-0.3, -0.25) is 4.79 Å². The molecule has 0 unspecified atom stereocenters. The Morgan fingerprint density at radius 2 is 1.74 bits per heavy atom. The molecule has 0 aromatic heterocycles. The first-order valence-corrected chi connectivity index (χ1v) is 12.4. The highest BCUT2D eigenvalue weighted by Gasteiger charge is 2.31. The lowest BCUT2D eigenvalue weighted by molar-refractivity contribution is -0.126. The third-order valence-electron chi connectivity index (χ3n) is 5.66. The fourth-order valence-electron chi connectivity index (χ4n) is 3.72. The minimum atomic E-state index is -3.38. The van der Waals surface area contributed by atoms with E-state index in [9.17, 15) is 13.2 Å². The van der Waals surface area contributed by atoms with Crippen LogP contribution in [0.5, 0.6) is 5.75 Å². The van der Waals surface area contributed by atoms with Gasteiger partial charge in [0.25, 0.3) is 0 Å². The Morgan fingerprint density at radius 1 is 1.10 bits per heavy atom. The van der Waals surface area contributed by atoms with Gasteiger partial charge in [0.2, 0.25) is 15.9 Å². The van der Waals surface area contributed by atoms with Crippen molar-refractivity contribution in [2.24, 2.45) is 5.92 Å². The molecule has 1 aliphatic heterocycles. The number of piperidine rings is 1. The van der Waals surface area contributed by atoms with Crippen LogP contribution < -0.4 is 10.1 Å². The number of rotatable bonds is 8. The van der Waals surface area contributed by atoms with Gasteiger partial charge in [-0.25, -0.2) is 12.7 Å². The molecule has 31 heavy (non-hydrogen) atoms. The van der Waals surface area contributed by atoms with E-state index in [2.05, 4.69) is 5.32 Å². The van der Waals surface area contributed by atoms with Crippen LogP contribution >= 0.6 is 0 Å². The van der Waals surface area contributed by atoms with Crippen LogP contribution in [-0.4, -0.2) is 44.4 Å². The SMILES string of the molecule is Cc1ccc(CS(=O)(=O)N2CCC(C(=O)N[C@H](C)COc3ccccc3C)CC2)cc1. The average molecular weight is 445 g/mol.